The summed E-state index contributed by atoms with van der Waals surface area (Å²) in [5.41, 5.74) is 3.34. The summed E-state index contributed by atoms with van der Waals surface area (Å²) in [5, 5.41) is 22.7. The van der Waals surface area contributed by atoms with Crippen molar-refractivity contribution >= 4 is 29.0 Å². The van der Waals surface area contributed by atoms with Crippen LogP contribution in [0.2, 0.25) is 0 Å². The van der Waals surface area contributed by atoms with Crippen molar-refractivity contribution in [2.75, 3.05) is 5.32 Å². The summed E-state index contributed by atoms with van der Waals surface area (Å²) in [5.74, 6) is 0.0448. The van der Waals surface area contributed by atoms with Crippen molar-refractivity contribution in [1.82, 2.24) is 15.1 Å². The van der Waals surface area contributed by atoms with Crippen LogP contribution in [0.3, 0.4) is 0 Å². The van der Waals surface area contributed by atoms with E-state index in [4.69, 9.17) is 0 Å². The number of hydrogen-bond donors (Lipinski definition) is 3. The van der Waals surface area contributed by atoms with E-state index in [0.29, 0.717) is 34.3 Å². The SMILES string of the molecule is O=C(Nc1ccc(-c2cc(C3CC3)n(C(=O)NCc3ccccc3)n2)c(O)c1)c1cccs1. The number of aromatic hydroxyl groups is 1. The summed E-state index contributed by atoms with van der Waals surface area (Å²) >= 11 is 1.35. The Morgan fingerprint density at radius 2 is 1.88 bits per heavy atom. The predicted molar refractivity (Wildman–Crippen MR) is 128 cm³/mol. The zero-order chi connectivity index (χ0) is 22.8. The Kier molecular flexibility index (Phi) is 5.66. The highest BCUT2D eigenvalue weighted by Crippen LogP contribution is 2.42. The monoisotopic (exact) mass is 458 g/mol. The van der Waals surface area contributed by atoms with E-state index in [1.165, 1.54) is 22.1 Å². The molecule has 166 valence electrons. The normalized spacial score (nSPS) is 13.0. The number of amides is 2. The molecule has 4 aromatic rings. The van der Waals surface area contributed by atoms with Crippen molar-refractivity contribution < 1.29 is 14.7 Å². The van der Waals surface area contributed by atoms with Gasteiger partial charge in [0.2, 0.25) is 0 Å². The second kappa shape index (κ2) is 8.91. The van der Waals surface area contributed by atoms with Crippen molar-refractivity contribution in [3.63, 3.8) is 0 Å². The molecular formula is C25H22N4O3S. The van der Waals surface area contributed by atoms with Crippen molar-refractivity contribution in [3.05, 3.63) is 88.2 Å². The minimum atomic E-state index is -0.300. The molecule has 2 amide bonds. The van der Waals surface area contributed by atoms with Crippen molar-refractivity contribution in [1.29, 1.82) is 0 Å². The smallest absolute Gasteiger partial charge is 0.342 e. The first kappa shape index (κ1) is 21.0. The summed E-state index contributed by atoms with van der Waals surface area (Å²) in [6.07, 6.45) is 2.02. The number of thiophene rings is 1. The Balaban J connectivity index is 1.36. The lowest BCUT2D eigenvalue weighted by molar-refractivity contribution is 0.103. The number of rotatable bonds is 6. The van der Waals surface area contributed by atoms with Crippen molar-refractivity contribution in [2.24, 2.45) is 0 Å². The third-order valence-electron chi connectivity index (χ3n) is 5.49. The number of benzene rings is 2. The van der Waals surface area contributed by atoms with Gasteiger partial charge in [0.25, 0.3) is 5.91 Å². The van der Waals surface area contributed by atoms with Crippen LogP contribution in [0.15, 0.2) is 72.1 Å². The number of carbonyl (C=O) groups is 2. The van der Waals surface area contributed by atoms with Gasteiger partial charge >= 0.3 is 6.03 Å². The molecule has 1 aliphatic rings. The van der Waals surface area contributed by atoms with E-state index < -0.39 is 0 Å². The average Bonchev–Trinajstić information content (AvgIpc) is 3.33. The molecule has 0 atom stereocenters. The first-order chi connectivity index (χ1) is 16.1. The Morgan fingerprint density at radius 1 is 1.06 bits per heavy atom. The fourth-order valence-electron chi connectivity index (χ4n) is 3.63. The molecule has 0 bridgehead atoms. The van der Waals surface area contributed by atoms with E-state index in [9.17, 15) is 14.7 Å². The van der Waals surface area contributed by atoms with E-state index in [1.54, 1.807) is 18.2 Å². The highest BCUT2D eigenvalue weighted by molar-refractivity contribution is 7.12. The molecular weight excluding hydrogens is 436 g/mol. The zero-order valence-corrected chi connectivity index (χ0v) is 18.5. The quantitative estimate of drug-likeness (QED) is 0.370. The molecule has 2 aromatic carbocycles. The lowest BCUT2D eigenvalue weighted by Crippen LogP contribution is -2.30. The van der Waals surface area contributed by atoms with Gasteiger partial charge in [-0.2, -0.15) is 9.78 Å². The van der Waals surface area contributed by atoms with Crippen LogP contribution in [-0.2, 0) is 6.54 Å². The highest BCUT2D eigenvalue weighted by Gasteiger charge is 2.30. The molecule has 5 rings (SSSR count). The Labute approximate surface area is 194 Å². The predicted octanol–water partition coefficient (Wildman–Crippen LogP) is 5.20. The second-order valence-corrected chi connectivity index (χ2v) is 8.90. The molecule has 0 radical (unpaired) electrons. The molecule has 2 aromatic heterocycles. The van der Waals surface area contributed by atoms with Crippen LogP contribution in [0.1, 0.15) is 39.7 Å². The summed E-state index contributed by atoms with van der Waals surface area (Å²) in [6.45, 7) is 0.406. The minimum absolute atomic E-state index is 0.0179. The Hall–Kier alpha value is -3.91. The second-order valence-electron chi connectivity index (χ2n) is 7.95. The van der Waals surface area contributed by atoms with E-state index in [-0.39, 0.29) is 17.7 Å². The maximum Gasteiger partial charge on any atom is 0.342 e. The van der Waals surface area contributed by atoms with Gasteiger partial charge in [0.05, 0.1) is 16.3 Å². The van der Waals surface area contributed by atoms with E-state index in [2.05, 4.69) is 15.7 Å². The first-order valence-corrected chi connectivity index (χ1v) is 11.6. The maximum atomic E-state index is 12.9. The Bertz CT molecular complexity index is 1290. The number of carbonyl (C=O) groups excluding carboxylic acids is 2. The van der Waals surface area contributed by atoms with E-state index in [1.807, 2.05) is 47.8 Å². The number of aromatic nitrogens is 2. The third-order valence-corrected chi connectivity index (χ3v) is 6.36. The largest absolute Gasteiger partial charge is 0.507 e. The van der Waals surface area contributed by atoms with Crippen molar-refractivity contribution in [3.8, 4) is 17.0 Å². The van der Waals surface area contributed by atoms with Gasteiger partial charge in [-0.1, -0.05) is 36.4 Å². The molecule has 0 spiro atoms. The molecule has 7 nitrogen and oxygen atoms in total. The number of nitrogens with one attached hydrogen (secondary N) is 2. The highest BCUT2D eigenvalue weighted by atomic mass is 32.1. The van der Waals surface area contributed by atoms with Crippen LogP contribution in [0.4, 0.5) is 10.5 Å². The Morgan fingerprint density at radius 3 is 2.58 bits per heavy atom. The summed E-state index contributed by atoms with van der Waals surface area (Å²) in [6, 6.07) is 19.7. The number of anilines is 1. The average molecular weight is 459 g/mol. The van der Waals surface area contributed by atoms with Crippen LogP contribution in [0.25, 0.3) is 11.3 Å². The molecule has 33 heavy (non-hydrogen) atoms. The summed E-state index contributed by atoms with van der Waals surface area (Å²) in [4.78, 5) is 25.7. The fraction of sp³-hybridized carbons (Fsp3) is 0.160. The first-order valence-electron chi connectivity index (χ1n) is 10.7. The number of nitrogens with zero attached hydrogens (tertiary/aromatic N) is 2. The molecule has 2 heterocycles. The summed E-state index contributed by atoms with van der Waals surface area (Å²) < 4.78 is 1.40. The molecule has 1 saturated carbocycles. The van der Waals surface area contributed by atoms with Gasteiger partial charge in [-0.25, -0.2) is 4.79 Å². The minimum Gasteiger partial charge on any atom is -0.507 e. The number of phenols is 1. The van der Waals surface area contributed by atoms with Gasteiger partial charge in [-0.05, 0) is 48.1 Å². The third kappa shape index (κ3) is 4.65. The topological polar surface area (TPSA) is 96.3 Å². The lowest BCUT2D eigenvalue weighted by atomic mass is 10.1. The van der Waals surface area contributed by atoms with Gasteiger partial charge < -0.3 is 15.7 Å². The van der Waals surface area contributed by atoms with Gasteiger partial charge in [-0.3, -0.25) is 4.79 Å². The molecule has 8 heteroatoms. The molecule has 0 unspecified atom stereocenters. The van der Waals surface area contributed by atoms with E-state index in [0.717, 1.165) is 24.1 Å². The van der Waals surface area contributed by atoms with Crippen molar-refractivity contribution in [2.45, 2.75) is 25.3 Å². The van der Waals surface area contributed by atoms with Crippen LogP contribution in [0, 0.1) is 0 Å². The number of hydrogen-bond acceptors (Lipinski definition) is 5. The zero-order valence-electron chi connectivity index (χ0n) is 17.7. The molecule has 1 fully saturated rings. The van der Waals surface area contributed by atoms with E-state index >= 15 is 0 Å². The van der Waals surface area contributed by atoms with Gasteiger partial charge in [-0.15, -0.1) is 11.3 Å². The molecule has 3 N–H and O–H groups in total. The summed E-state index contributed by atoms with van der Waals surface area (Å²) in [7, 11) is 0. The molecule has 1 aliphatic carbocycles. The lowest BCUT2D eigenvalue weighted by Gasteiger charge is -2.08. The maximum absolute atomic E-state index is 12.9. The van der Waals surface area contributed by atoms with Gasteiger partial charge in [0.1, 0.15) is 5.75 Å². The number of phenolic OH excluding ortho intramolecular Hbond substituents is 1. The fourth-order valence-corrected chi connectivity index (χ4v) is 4.25. The van der Waals surface area contributed by atoms with Crippen LogP contribution in [0.5, 0.6) is 5.75 Å². The van der Waals surface area contributed by atoms with Gasteiger partial charge in [0.15, 0.2) is 0 Å². The van der Waals surface area contributed by atoms with Crippen LogP contribution >= 0.6 is 11.3 Å². The standard InChI is InChI=1S/C25H22N4O3S/c30-22-13-18(27-24(31)23-7-4-12-33-23)10-11-19(22)20-14-21(17-8-9-17)29(28-20)25(32)26-15-16-5-2-1-3-6-16/h1-7,10-14,17,30H,8-9,15H2,(H,26,32)(H,27,31). The molecule has 0 saturated heterocycles. The molecule has 0 aliphatic heterocycles. The van der Waals surface area contributed by atoms with Crippen LogP contribution in [-0.4, -0.2) is 26.8 Å². The van der Waals surface area contributed by atoms with Crippen LogP contribution < -0.4 is 10.6 Å². The van der Waals surface area contributed by atoms with Gasteiger partial charge in [0, 0.05) is 29.8 Å².